The second kappa shape index (κ2) is 12.1. The average Bonchev–Trinajstić information content (AvgIpc) is 2.95. The van der Waals surface area contributed by atoms with E-state index in [4.69, 9.17) is 19.3 Å². The molecule has 220 valence electrons. The lowest BCUT2D eigenvalue weighted by Crippen LogP contribution is -2.51. The molecule has 2 N–H and O–H groups in total. The van der Waals surface area contributed by atoms with Crippen molar-refractivity contribution in [2.75, 3.05) is 13.7 Å². The lowest BCUT2D eigenvalue weighted by atomic mass is 9.88. The highest BCUT2D eigenvalue weighted by molar-refractivity contribution is 6.00. The van der Waals surface area contributed by atoms with E-state index < -0.39 is 5.60 Å². The molecule has 41 heavy (non-hydrogen) atoms. The van der Waals surface area contributed by atoms with Gasteiger partial charge in [0.2, 0.25) is 11.9 Å². The Morgan fingerprint density at radius 1 is 1.05 bits per heavy atom. The molecule has 2 unspecified atom stereocenters. The summed E-state index contributed by atoms with van der Waals surface area (Å²) in [5.74, 6) is 1.73. The number of amides is 2. The highest BCUT2D eigenvalue weighted by atomic mass is 16.6. The van der Waals surface area contributed by atoms with Crippen LogP contribution in [0.3, 0.4) is 0 Å². The minimum atomic E-state index is -0.408. The molecule has 3 atom stereocenters. The van der Waals surface area contributed by atoms with Gasteiger partial charge in [0.05, 0.1) is 31.8 Å². The maximum absolute atomic E-state index is 13.7. The lowest BCUT2D eigenvalue weighted by Gasteiger charge is -2.39. The third kappa shape index (κ3) is 6.05. The minimum Gasteiger partial charge on any atom is -0.493 e. The summed E-state index contributed by atoms with van der Waals surface area (Å²) in [7, 11) is 1.52. The van der Waals surface area contributed by atoms with Gasteiger partial charge in [-0.25, -0.2) is 10.5 Å². The summed E-state index contributed by atoms with van der Waals surface area (Å²) < 4.78 is 12.2. The zero-order chi connectivity index (χ0) is 29.1. The van der Waals surface area contributed by atoms with Crippen LogP contribution in [0.4, 0.5) is 0 Å². The predicted molar refractivity (Wildman–Crippen MR) is 157 cm³/mol. The molecule has 0 saturated carbocycles. The second-order valence-corrected chi connectivity index (χ2v) is 11.5. The Balaban J connectivity index is 0.00000165. The van der Waals surface area contributed by atoms with E-state index in [1.165, 1.54) is 12.7 Å². The lowest BCUT2D eigenvalue weighted by molar-refractivity contribution is -0.131. The summed E-state index contributed by atoms with van der Waals surface area (Å²) in [4.78, 5) is 39.0. The molecule has 0 aromatic heterocycles. The van der Waals surface area contributed by atoms with Gasteiger partial charge >= 0.3 is 0 Å². The van der Waals surface area contributed by atoms with Gasteiger partial charge in [-0.05, 0) is 62.9 Å². The Morgan fingerprint density at radius 2 is 1.85 bits per heavy atom. The molecule has 0 fully saturated rings. The van der Waals surface area contributed by atoms with E-state index in [9.17, 15) is 9.59 Å². The Hall–Kier alpha value is -3.59. The third-order valence-electron chi connectivity index (χ3n) is 8.09. The third-order valence-corrected chi connectivity index (χ3v) is 8.09. The normalized spacial score (nSPS) is 24.8. The molecule has 6 bridgehead atoms. The average molecular weight is 563 g/mol. The van der Waals surface area contributed by atoms with E-state index in [2.05, 4.69) is 36.8 Å². The summed E-state index contributed by atoms with van der Waals surface area (Å²) in [6.45, 7) is 8.57. The summed E-state index contributed by atoms with van der Waals surface area (Å²) >= 11 is 0. The van der Waals surface area contributed by atoms with Crippen molar-refractivity contribution in [3.8, 4) is 11.5 Å². The van der Waals surface area contributed by atoms with Crippen LogP contribution in [-0.4, -0.2) is 48.0 Å². The maximum atomic E-state index is 13.7. The van der Waals surface area contributed by atoms with Crippen molar-refractivity contribution in [3.05, 3.63) is 58.7 Å². The van der Waals surface area contributed by atoms with Crippen molar-refractivity contribution >= 4 is 17.8 Å². The first-order valence-corrected chi connectivity index (χ1v) is 14.9. The number of fused-ring (bicyclic) bond motifs is 5. The monoisotopic (exact) mass is 562 g/mol. The van der Waals surface area contributed by atoms with Gasteiger partial charge in [-0.3, -0.25) is 19.3 Å². The van der Waals surface area contributed by atoms with Crippen LogP contribution >= 0.6 is 0 Å². The number of hydrogen-bond acceptors (Lipinski definition) is 7. The van der Waals surface area contributed by atoms with Crippen molar-refractivity contribution in [1.29, 1.82) is 0 Å². The molecule has 5 aliphatic heterocycles. The smallest absolute Gasteiger partial charge is 0.251 e. The van der Waals surface area contributed by atoms with Gasteiger partial charge in [-0.2, -0.15) is 0 Å². The highest BCUT2D eigenvalue weighted by Crippen LogP contribution is 2.41. The number of guanidine groups is 1. The van der Waals surface area contributed by atoms with E-state index in [1.54, 1.807) is 11.0 Å². The molecule has 9 nitrogen and oxygen atoms in total. The number of rotatable bonds is 1. The molecule has 2 aromatic rings. The van der Waals surface area contributed by atoms with Crippen molar-refractivity contribution in [1.82, 2.24) is 15.7 Å². The fraction of sp³-hybridized carbons (Fsp3) is 0.531. The molecule has 5 heterocycles. The second-order valence-electron chi connectivity index (χ2n) is 11.5. The van der Waals surface area contributed by atoms with Gasteiger partial charge < -0.3 is 14.8 Å². The van der Waals surface area contributed by atoms with E-state index in [-0.39, 0.29) is 29.9 Å². The fourth-order valence-corrected chi connectivity index (χ4v) is 6.28. The van der Waals surface area contributed by atoms with Crippen LogP contribution in [0.25, 0.3) is 0 Å². The van der Waals surface area contributed by atoms with Crippen molar-refractivity contribution in [3.63, 3.8) is 0 Å². The molecule has 7 rings (SSSR count). The summed E-state index contributed by atoms with van der Waals surface area (Å²) in [5.41, 5.74) is 5.99. The molecule has 5 aliphatic rings. The van der Waals surface area contributed by atoms with E-state index in [0.29, 0.717) is 43.1 Å². The standard InChI is InChI=1S/C30H36N4O5.C2H6/c1-30(2)17-23-21-14-18(8-10-26(21)39-30)6-4-5-7-20-16-27(35)34(29(31-20)33-37-3)24-12-13-38-25-11-9-19(15-22(24)25)28(36)32-23;1-2/h8-11,14-15,20,23-24H,4-7,12-13,16-17H2,1-3H3,(H,31,33)(H,32,36);1-2H3/t20?,23?,24-;/m1./s1. The van der Waals surface area contributed by atoms with E-state index in [1.807, 2.05) is 32.0 Å². The molecule has 0 radical (unpaired) electrons. The van der Waals surface area contributed by atoms with Gasteiger partial charge in [-0.1, -0.05) is 32.4 Å². The molecule has 2 aromatic carbocycles. The van der Waals surface area contributed by atoms with Crippen LogP contribution in [0.2, 0.25) is 0 Å². The van der Waals surface area contributed by atoms with Crippen LogP contribution in [0, 0.1) is 0 Å². The number of aryl methyl sites for hydroxylation is 1. The molecular weight excluding hydrogens is 520 g/mol. The number of hydroxylamine groups is 1. The van der Waals surface area contributed by atoms with Gasteiger partial charge in [0.25, 0.3) is 5.91 Å². The van der Waals surface area contributed by atoms with Crippen molar-refractivity contribution in [2.24, 2.45) is 4.99 Å². The molecule has 0 aliphatic carbocycles. The van der Waals surface area contributed by atoms with E-state index in [0.717, 1.165) is 42.6 Å². The van der Waals surface area contributed by atoms with Crippen LogP contribution in [0.1, 0.15) is 105 Å². The first-order chi connectivity index (χ1) is 19.8. The summed E-state index contributed by atoms with van der Waals surface area (Å²) in [6.07, 6.45) is 5.25. The molecule has 9 heteroatoms. The zero-order valence-electron chi connectivity index (χ0n) is 24.8. The Morgan fingerprint density at radius 3 is 2.66 bits per heavy atom. The van der Waals surface area contributed by atoms with Gasteiger partial charge in [0.1, 0.15) is 17.1 Å². The Labute approximate surface area is 242 Å². The Kier molecular flexibility index (Phi) is 8.54. The van der Waals surface area contributed by atoms with Gasteiger partial charge in [0.15, 0.2) is 0 Å². The fourth-order valence-electron chi connectivity index (χ4n) is 6.28. The number of carbonyl (C=O) groups excluding carboxylic acids is 2. The maximum Gasteiger partial charge on any atom is 0.251 e. The number of nitrogens with zero attached hydrogens (tertiary/aromatic N) is 2. The van der Waals surface area contributed by atoms with Gasteiger partial charge in [-0.15, -0.1) is 0 Å². The number of hydrogen-bond donors (Lipinski definition) is 2. The largest absolute Gasteiger partial charge is 0.493 e. The number of benzene rings is 2. The number of aliphatic imine (C=N–C) groups is 1. The van der Waals surface area contributed by atoms with Crippen LogP contribution in [0.5, 0.6) is 11.5 Å². The van der Waals surface area contributed by atoms with Crippen LogP contribution in [0.15, 0.2) is 41.4 Å². The quantitative estimate of drug-likeness (QED) is 0.451. The number of ether oxygens (including phenoxy) is 2. The first kappa shape index (κ1) is 28.9. The molecule has 0 saturated heterocycles. The zero-order valence-corrected chi connectivity index (χ0v) is 24.8. The number of carbonyl (C=O) groups is 2. The van der Waals surface area contributed by atoms with Crippen LogP contribution in [-0.2, 0) is 16.1 Å². The molecule has 2 amide bonds. The topological polar surface area (TPSA) is 101 Å². The molecule has 0 spiro atoms. The number of nitrogens with one attached hydrogen (secondary N) is 2. The van der Waals surface area contributed by atoms with Crippen LogP contribution < -0.4 is 20.3 Å². The first-order valence-electron chi connectivity index (χ1n) is 14.9. The Bertz CT molecular complexity index is 1320. The van der Waals surface area contributed by atoms with Gasteiger partial charge in [0, 0.05) is 36.0 Å². The van der Waals surface area contributed by atoms with Crippen molar-refractivity contribution < 1.29 is 23.9 Å². The SMILES string of the molecule is CC.CONC1=NC2CCCCc3ccc4c(c3)C(CC(C)(C)O4)NC(=O)c3ccc4c(c3)[C@@H](CCO4)N1C(=O)C2. The molecular formula is C32H42N4O5. The summed E-state index contributed by atoms with van der Waals surface area (Å²) in [5, 5.41) is 3.28. The van der Waals surface area contributed by atoms with Crippen molar-refractivity contribution in [2.45, 2.75) is 96.4 Å². The summed E-state index contributed by atoms with van der Waals surface area (Å²) in [6, 6.07) is 11.2. The highest BCUT2D eigenvalue weighted by Gasteiger charge is 2.39. The predicted octanol–water partition coefficient (Wildman–Crippen LogP) is 5.40. The van der Waals surface area contributed by atoms with E-state index >= 15 is 0 Å². The minimum absolute atomic E-state index is 0.00645.